The molecule has 0 radical (unpaired) electrons. The number of hydrogen-bond acceptors (Lipinski definition) is 3. The summed E-state index contributed by atoms with van der Waals surface area (Å²) < 4.78 is 40.2. The molecule has 3 aromatic carbocycles. The summed E-state index contributed by atoms with van der Waals surface area (Å²) in [5.41, 5.74) is 3.28. The molecule has 0 aliphatic rings. The Bertz CT molecular complexity index is 968. The zero-order valence-electron chi connectivity index (χ0n) is 14.2. The summed E-state index contributed by atoms with van der Waals surface area (Å²) in [4.78, 5) is 0.224. The topological polar surface area (TPSA) is 58.2 Å². The molecule has 6 heteroatoms. The fourth-order valence-electron chi connectivity index (χ4n) is 2.39. The van der Waals surface area contributed by atoms with Crippen LogP contribution in [0.3, 0.4) is 0 Å². The van der Waals surface area contributed by atoms with Crippen molar-refractivity contribution >= 4 is 21.4 Å². The molecule has 3 rings (SSSR count). The third-order valence-electron chi connectivity index (χ3n) is 3.88. The lowest BCUT2D eigenvalue weighted by atomic mass is 10.2. The van der Waals surface area contributed by atoms with Gasteiger partial charge < -0.3 is 5.32 Å². The molecule has 0 saturated heterocycles. The predicted molar refractivity (Wildman–Crippen MR) is 102 cm³/mol. The van der Waals surface area contributed by atoms with Crippen LogP contribution in [-0.2, 0) is 16.6 Å². The van der Waals surface area contributed by atoms with Gasteiger partial charge in [0.15, 0.2) is 0 Å². The summed E-state index contributed by atoms with van der Waals surface area (Å²) in [7, 11) is -3.61. The highest BCUT2D eigenvalue weighted by Gasteiger charge is 2.13. The highest BCUT2D eigenvalue weighted by molar-refractivity contribution is 7.92. The number of aryl methyl sites for hydroxylation is 1. The summed E-state index contributed by atoms with van der Waals surface area (Å²) >= 11 is 0. The summed E-state index contributed by atoms with van der Waals surface area (Å²) in [6.45, 7) is 2.45. The first-order chi connectivity index (χ1) is 12.4. The zero-order chi connectivity index (χ0) is 18.6. The van der Waals surface area contributed by atoms with E-state index in [1.165, 1.54) is 12.1 Å². The van der Waals surface area contributed by atoms with Crippen molar-refractivity contribution < 1.29 is 12.8 Å². The largest absolute Gasteiger partial charge is 0.381 e. The molecule has 0 aliphatic carbocycles. The van der Waals surface area contributed by atoms with Crippen LogP contribution >= 0.6 is 0 Å². The Hall–Kier alpha value is -2.86. The normalized spacial score (nSPS) is 11.2. The fourth-order valence-corrected chi connectivity index (χ4v) is 3.45. The van der Waals surface area contributed by atoms with Crippen LogP contribution < -0.4 is 10.0 Å². The van der Waals surface area contributed by atoms with Crippen LogP contribution in [0.2, 0.25) is 0 Å². The monoisotopic (exact) mass is 370 g/mol. The molecule has 4 nitrogen and oxygen atoms in total. The minimum absolute atomic E-state index is 0.224. The molecule has 0 aliphatic heterocycles. The number of rotatable bonds is 6. The molecule has 0 fully saturated rings. The molecule has 0 bridgehead atoms. The van der Waals surface area contributed by atoms with Crippen LogP contribution in [0.15, 0.2) is 77.7 Å². The van der Waals surface area contributed by atoms with Gasteiger partial charge in [0.05, 0.1) is 4.90 Å². The number of halogens is 1. The van der Waals surface area contributed by atoms with Crippen LogP contribution in [0.5, 0.6) is 0 Å². The van der Waals surface area contributed by atoms with E-state index in [2.05, 4.69) is 10.0 Å². The van der Waals surface area contributed by atoms with Gasteiger partial charge in [0, 0.05) is 17.9 Å². The van der Waals surface area contributed by atoms with E-state index < -0.39 is 10.0 Å². The first kappa shape index (κ1) is 17.9. The second-order valence-electron chi connectivity index (χ2n) is 5.98. The lowest BCUT2D eigenvalue weighted by molar-refractivity contribution is 0.601. The fraction of sp³-hybridized carbons (Fsp3) is 0.100. The van der Waals surface area contributed by atoms with Crippen molar-refractivity contribution in [2.45, 2.75) is 18.4 Å². The van der Waals surface area contributed by atoms with Gasteiger partial charge in [-0.05, 0) is 61.0 Å². The highest BCUT2D eigenvalue weighted by atomic mass is 32.2. The first-order valence-corrected chi connectivity index (χ1v) is 9.58. The third-order valence-corrected chi connectivity index (χ3v) is 5.28. The van der Waals surface area contributed by atoms with Crippen LogP contribution in [0.4, 0.5) is 15.8 Å². The highest BCUT2D eigenvalue weighted by Crippen LogP contribution is 2.19. The van der Waals surface area contributed by atoms with Gasteiger partial charge in [0.2, 0.25) is 0 Å². The summed E-state index contributed by atoms with van der Waals surface area (Å²) in [5, 5.41) is 3.21. The second kappa shape index (κ2) is 7.58. The zero-order valence-corrected chi connectivity index (χ0v) is 15.1. The van der Waals surface area contributed by atoms with Gasteiger partial charge in [-0.2, -0.15) is 0 Å². The van der Waals surface area contributed by atoms with E-state index in [0.717, 1.165) is 16.8 Å². The van der Waals surface area contributed by atoms with Crippen LogP contribution in [0.25, 0.3) is 0 Å². The van der Waals surface area contributed by atoms with Gasteiger partial charge in [-0.25, -0.2) is 12.8 Å². The van der Waals surface area contributed by atoms with Crippen LogP contribution in [0, 0.1) is 12.7 Å². The van der Waals surface area contributed by atoms with Crippen molar-refractivity contribution in [3.05, 3.63) is 89.7 Å². The van der Waals surface area contributed by atoms with E-state index in [4.69, 9.17) is 0 Å². The minimum atomic E-state index is -3.61. The molecule has 0 saturated carbocycles. The number of sulfonamides is 1. The quantitative estimate of drug-likeness (QED) is 0.669. The number of nitrogens with one attached hydrogen (secondary N) is 2. The molecule has 0 spiro atoms. The summed E-state index contributed by atoms with van der Waals surface area (Å²) in [5.74, 6) is -0.265. The number of benzene rings is 3. The van der Waals surface area contributed by atoms with Crippen molar-refractivity contribution in [1.82, 2.24) is 0 Å². The maximum Gasteiger partial charge on any atom is 0.261 e. The maximum absolute atomic E-state index is 12.9. The van der Waals surface area contributed by atoms with E-state index in [1.807, 2.05) is 6.92 Å². The molecule has 0 amide bonds. The average molecular weight is 370 g/mol. The molecular formula is C20H19FN2O2S. The molecule has 134 valence electrons. The second-order valence-corrected chi connectivity index (χ2v) is 7.66. The Morgan fingerprint density at radius 2 is 1.38 bits per heavy atom. The summed E-state index contributed by atoms with van der Waals surface area (Å²) in [6, 6.07) is 19.9. The Morgan fingerprint density at radius 1 is 0.808 bits per heavy atom. The smallest absolute Gasteiger partial charge is 0.261 e. The van der Waals surface area contributed by atoms with Gasteiger partial charge in [-0.3, -0.25) is 4.72 Å². The van der Waals surface area contributed by atoms with Crippen molar-refractivity contribution in [1.29, 1.82) is 0 Å². The molecule has 0 aromatic heterocycles. The lowest BCUT2D eigenvalue weighted by Gasteiger charge is -2.10. The molecule has 26 heavy (non-hydrogen) atoms. The SMILES string of the molecule is Cc1ccc(S(=O)(=O)Nc2ccc(NCc3ccc(F)cc3)cc2)cc1. The Labute approximate surface area is 152 Å². The Morgan fingerprint density at radius 3 is 2.00 bits per heavy atom. The van der Waals surface area contributed by atoms with E-state index in [9.17, 15) is 12.8 Å². The van der Waals surface area contributed by atoms with E-state index in [1.54, 1.807) is 60.7 Å². The molecular weight excluding hydrogens is 351 g/mol. The van der Waals surface area contributed by atoms with Gasteiger partial charge >= 0.3 is 0 Å². The van der Waals surface area contributed by atoms with E-state index >= 15 is 0 Å². The molecule has 0 unspecified atom stereocenters. The standard InChI is InChI=1S/C20H19FN2O2S/c1-15-2-12-20(13-3-15)26(24,25)23-19-10-8-18(9-11-19)22-14-16-4-6-17(21)7-5-16/h2-13,22-23H,14H2,1H3. The first-order valence-electron chi connectivity index (χ1n) is 8.10. The van der Waals surface area contributed by atoms with Crippen LogP contribution in [0.1, 0.15) is 11.1 Å². The van der Waals surface area contributed by atoms with Crippen molar-refractivity contribution in [2.24, 2.45) is 0 Å². The van der Waals surface area contributed by atoms with Gasteiger partial charge in [-0.15, -0.1) is 0 Å². The summed E-state index contributed by atoms with van der Waals surface area (Å²) in [6.07, 6.45) is 0. The van der Waals surface area contributed by atoms with Gasteiger partial charge in [0.1, 0.15) is 5.82 Å². The van der Waals surface area contributed by atoms with Crippen LogP contribution in [-0.4, -0.2) is 8.42 Å². The average Bonchev–Trinajstić information content (AvgIpc) is 2.62. The number of hydrogen-bond donors (Lipinski definition) is 2. The molecule has 0 heterocycles. The van der Waals surface area contributed by atoms with Crippen molar-refractivity contribution in [3.8, 4) is 0 Å². The van der Waals surface area contributed by atoms with Crippen molar-refractivity contribution in [2.75, 3.05) is 10.0 Å². The van der Waals surface area contributed by atoms with Gasteiger partial charge in [-0.1, -0.05) is 29.8 Å². The predicted octanol–water partition coefficient (Wildman–Crippen LogP) is 4.55. The maximum atomic E-state index is 12.9. The van der Waals surface area contributed by atoms with Crippen molar-refractivity contribution in [3.63, 3.8) is 0 Å². The number of anilines is 2. The van der Waals surface area contributed by atoms with E-state index in [-0.39, 0.29) is 10.7 Å². The minimum Gasteiger partial charge on any atom is -0.381 e. The molecule has 2 N–H and O–H groups in total. The Balaban J connectivity index is 1.63. The van der Waals surface area contributed by atoms with E-state index in [0.29, 0.717) is 12.2 Å². The lowest BCUT2D eigenvalue weighted by Crippen LogP contribution is -2.12. The molecule has 3 aromatic rings. The molecule has 0 atom stereocenters. The third kappa shape index (κ3) is 4.61. The Kier molecular flexibility index (Phi) is 5.23. The van der Waals surface area contributed by atoms with Gasteiger partial charge in [0.25, 0.3) is 10.0 Å².